The Kier molecular flexibility index (Phi) is 7.22. The van der Waals surface area contributed by atoms with Crippen LogP contribution in [0.4, 0.5) is 6.01 Å². The van der Waals surface area contributed by atoms with E-state index in [4.69, 9.17) is 18.6 Å². The number of carbonyl (C=O) groups excluding carboxylic acids is 1. The molecule has 12 heteroatoms. The van der Waals surface area contributed by atoms with Gasteiger partial charge in [0.2, 0.25) is 15.9 Å². The highest BCUT2D eigenvalue weighted by Gasteiger charge is 2.32. The van der Waals surface area contributed by atoms with Crippen molar-refractivity contribution in [3.8, 4) is 28.7 Å². The number of methoxy groups -OCH3 is 3. The number of anilines is 1. The molecule has 1 N–H and O–H groups in total. The minimum atomic E-state index is -3.65. The number of amides is 1. The number of nitrogens with zero attached hydrogens (tertiary/aromatic N) is 3. The summed E-state index contributed by atoms with van der Waals surface area (Å²) in [6.45, 7) is 0.454. The zero-order chi connectivity index (χ0) is 25.0. The number of benzene rings is 2. The van der Waals surface area contributed by atoms with Crippen molar-refractivity contribution in [3.63, 3.8) is 0 Å². The van der Waals surface area contributed by atoms with Crippen molar-refractivity contribution in [2.24, 2.45) is 5.92 Å². The first kappa shape index (κ1) is 24.5. The molecule has 1 aliphatic heterocycles. The molecule has 0 saturated carbocycles. The van der Waals surface area contributed by atoms with E-state index in [2.05, 4.69) is 15.5 Å². The van der Waals surface area contributed by atoms with E-state index in [1.54, 1.807) is 37.4 Å². The topological polar surface area (TPSA) is 133 Å². The fourth-order valence-electron chi connectivity index (χ4n) is 3.82. The van der Waals surface area contributed by atoms with Gasteiger partial charge in [-0.25, -0.2) is 8.42 Å². The maximum absolute atomic E-state index is 12.9. The third-order valence-corrected chi connectivity index (χ3v) is 7.73. The van der Waals surface area contributed by atoms with E-state index in [9.17, 15) is 13.2 Å². The van der Waals surface area contributed by atoms with E-state index in [-0.39, 0.29) is 41.7 Å². The Labute approximate surface area is 203 Å². The Morgan fingerprint density at radius 1 is 0.971 bits per heavy atom. The fraction of sp³-hybridized carbons (Fsp3) is 0.348. The Hall–Kier alpha value is -3.64. The first-order chi connectivity index (χ1) is 16.8. The van der Waals surface area contributed by atoms with Gasteiger partial charge in [0.05, 0.1) is 31.8 Å². The average Bonchev–Trinajstić information content (AvgIpc) is 3.36. The van der Waals surface area contributed by atoms with Crippen LogP contribution in [0.3, 0.4) is 0 Å². The molecule has 1 fully saturated rings. The quantitative estimate of drug-likeness (QED) is 0.493. The van der Waals surface area contributed by atoms with E-state index in [1.807, 2.05) is 0 Å². The molecule has 1 aliphatic rings. The van der Waals surface area contributed by atoms with Crippen molar-refractivity contribution >= 4 is 21.9 Å². The number of hydrogen-bond donors (Lipinski definition) is 1. The lowest BCUT2D eigenvalue weighted by Crippen LogP contribution is -2.41. The van der Waals surface area contributed by atoms with Gasteiger partial charge in [-0.1, -0.05) is 5.10 Å². The minimum Gasteiger partial charge on any atom is -0.497 e. The van der Waals surface area contributed by atoms with Crippen LogP contribution in [-0.2, 0) is 14.8 Å². The number of piperidine rings is 1. The molecule has 1 saturated heterocycles. The summed E-state index contributed by atoms with van der Waals surface area (Å²) >= 11 is 0. The van der Waals surface area contributed by atoms with Gasteiger partial charge in [0, 0.05) is 25.1 Å². The van der Waals surface area contributed by atoms with Crippen LogP contribution in [0.25, 0.3) is 11.5 Å². The SMILES string of the molecule is COc1ccc(S(=O)(=O)N2CCC(C(=O)Nc3nnc(-c4ccc(OC)cc4OC)o3)CC2)cc1. The smallest absolute Gasteiger partial charge is 0.322 e. The lowest BCUT2D eigenvalue weighted by Gasteiger charge is -2.30. The Bertz CT molecular complexity index is 1280. The molecule has 1 amide bonds. The second-order valence-electron chi connectivity index (χ2n) is 7.82. The molecule has 0 unspecified atom stereocenters. The van der Waals surface area contributed by atoms with Crippen LogP contribution in [0.15, 0.2) is 51.8 Å². The van der Waals surface area contributed by atoms with Crippen molar-refractivity contribution in [2.75, 3.05) is 39.7 Å². The molecule has 4 rings (SSSR count). The van der Waals surface area contributed by atoms with E-state index in [0.29, 0.717) is 35.7 Å². The van der Waals surface area contributed by atoms with Crippen LogP contribution in [0.2, 0.25) is 0 Å². The van der Waals surface area contributed by atoms with Crippen molar-refractivity contribution in [1.29, 1.82) is 0 Å². The predicted molar refractivity (Wildman–Crippen MR) is 126 cm³/mol. The second kappa shape index (κ2) is 10.3. The number of rotatable bonds is 8. The molecule has 0 aliphatic carbocycles. The molecule has 0 radical (unpaired) electrons. The molecule has 1 aromatic heterocycles. The normalized spacial score (nSPS) is 14.9. The van der Waals surface area contributed by atoms with Crippen molar-refractivity contribution < 1.29 is 31.8 Å². The summed E-state index contributed by atoms with van der Waals surface area (Å²) in [5.74, 6) is 1.16. The van der Waals surface area contributed by atoms with Gasteiger partial charge < -0.3 is 18.6 Å². The Morgan fingerprint density at radius 3 is 2.26 bits per heavy atom. The summed E-state index contributed by atoms with van der Waals surface area (Å²) in [6, 6.07) is 11.3. The average molecular weight is 503 g/mol. The predicted octanol–water partition coefficient (Wildman–Crippen LogP) is 2.80. The lowest BCUT2D eigenvalue weighted by molar-refractivity contribution is -0.121. The van der Waals surface area contributed by atoms with Gasteiger partial charge in [0.25, 0.3) is 5.89 Å². The third-order valence-electron chi connectivity index (χ3n) is 5.82. The van der Waals surface area contributed by atoms with Gasteiger partial charge in [-0.3, -0.25) is 10.1 Å². The zero-order valence-electron chi connectivity index (χ0n) is 19.6. The molecule has 0 bridgehead atoms. The van der Waals surface area contributed by atoms with Crippen LogP contribution >= 0.6 is 0 Å². The molecule has 2 aromatic carbocycles. The number of sulfonamides is 1. The van der Waals surface area contributed by atoms with Gasteiger partial charge in [0.1, 0.15) is 17.2 Å². The third kappa shape index (κ3) is 5.23. The molecule has 2 heterocycles. The molecule has 0 atom stereocenters. The number of hydrogen-bond acceptors (Lipinski definition) is 9. The Balaban J connectivity index is 1.37. The second-order valence-corrected chi connectivity index (χ2v) is 9.76. The van der Waals surface area contributed by atoms with Crippen LogP contribution in [0, 0.1) is 5.92 Å². The summed E-state index contributed by atoms with van der Waals surface area (Å²) in [5, 5.41) is 10.5. The van der Waals surface area contributed by atoms with E-state index in [1.165, 1.54) is 30.7 Å². The van der Waals surface area contributed by atoms with E-state index < -0.39 is 10.0 Å². The van der Waals surface area contributed by atoms with E-state index >= 15 is 0 Å². The van der Waals surface area contributed by atoms with Gasteiger partial charge in [-0.15, -0.1) is 5.10 Å². The highest BCUT2D eigenvalue weighted by molar-refractivity contribution is 7.89. The maximum Gasteiger partial charge on any atom is 0.322 e. The van der Waals surface area contributed by atoms with Crippen molar-refractivity contribution in [3.05, 3.63) is 42.5 Å². The monoisotopic (exact) mass is 502 g/mol. The molecule has 11 nitrogen and oxygen atoms in total. The highest BCUT2D eigenvalue weighted by Crippen LogP contribution is 2.33. The van der Waals surface area contributed by atoms with Gasteiger partial charge in [0.15, 0.2) is 0 Å². The number of carbonyl (C=O) groups is 1. The fourth-order valence-corrected chi connectivity index (χ4v) is 5.29. The van der Waals surface area contributed by atoms with Crippen LogP contribution in [0.1, 0.15) is 12.8 Å². The minimum absolute atomic E-state index is 0.0452. The van der Waals surface area contributed by atoms with E-state index in [0.717, 1.165) is 0 Å². The number of nitrogens with one attached hydrogen (secondary N) is 1. The van der Waals surface area contributed by atoms with Crippen LogP contribution < -0.4 is 19.5 Å². The van der Waals surface area contributed by atoms with Crippen molar-refractivity contribution in [2.45, 2.75) is 17.7 Å². The lowest BCUT2D eigenvalue weighted by atomic mass is 9.97. The van der Waals surface area contributed by atoms with Gasteiger partial charge >= 0.3 is 6.01 Å². The first-order valence-corrected chi connectivity index (χ1v) is 12.3. The van der Waals surface area contributed by atoms with Crippen molar-refractivity contribution in [1.82, 2.24) is 14.5 Å². The van der Waals surface area contributed by atoms with Crippen LogP contribution in [0.5, 0.6) is 17.2 Å². The highest BCUT2D eigenvalue weighted by atomic mass is 32.2. The first-order valence-electron chi connectivity index (χ1n) is 10.9. The number of ether oxygens (including phenoxy) is 3. The molecule has 0 spiro atoms. The van der Waals surface area contributed by atoms with Crippen LogP contribution in [-0.4, -0.2) is 63.2 Å². The largest absolute Gasteiger partial charge is 0.497 e. The molecule has 186 valence electrons. The molecular formula is C23H26N4O7S. The summed E-state index contributed by atoms with van der Waals surface area (Å²) in [5.41, 5.74) is 0.554. The summed E-state index contributed by atoms with van der Waals surface area (Å²) in [7, 11) is 0.930. The maximum atomic E-state index is 12.9. The zero-order valence-corrected chi connectivity index (χ0v) is 20.4. The summed E-state index contributed by atoms with van der Waals surface area (Å²) < 4.78 is 48.5. The Morgan fingerprint density at radius 2 is 1.63 bits per heavy atom. The summed E-state index contributed by atoms with van der Waals surface area (Å²) in [4.78, 5) is 12.9. The molecule has 3 aromatic rings. The molecular weight excluding hydrogens is 476 g/mol. The summed E-state index contributed by atoms with van der Waals surface area (Å²) in [6.07, 6.45) is 0.739. The van der Waals surface area contributed by atoms with Gasteiger partial charge in [-0.05, 0) is 49.2 Å². The number of aromatic nitrogens is 2. The standard InChI is InChI=1S/C23H26N4O7S/c1-31-16-4-7-18(8-5-16)35(29,30)27-12-10-15(11-13-27)21(28)24-23-26-25-22(34-23)19-9-6-17(32-2)14-20(19)33-3/h4-9,14-15H,10-13H2,1-3H3,(H,24,26,28). The van der Waals surface area contributed by atoms with Gasteiger partial charge in [-0.2, -0.15) is 4.31 Å². The molecule has 35 heavy (non-hydrogen) atoms.